The van der Waals surface area contributed by atoms with Gasteiger partial charge >= 0.3 is 5.97 Å². The van der Waals surface area contributed by atoms with Gasteiger partial charge in [0, 0.05) is 6.92 Å². The van der Waals surface area contributed by atoms with Crippen molar-refractivity contribution in [2.45, 2.75) is 33.0 Å². The van der Waals surface area contributed by atoms with Gasteiger partial charge in [-0.25, -0.2) is 0 Å². The Morgan fingerprint density at radius 2 is 1.83 bits per heavy atom. The van der Waals surface area contributed by atoms with Gasteiger partial charge in [-0.15, -0.1) is 0 Å². The maximum Gasteiger partial charge on any atom is 0.302 e. The van der Waals surface area contributed by atoms with Crippen molar-refractivity contribution in [1.82, 2.24) is 0 Å². The summed E-state index contributed by atoms with van der Waals surface area (Å²) in [7, 11) is 0. The van der Waals surface area contributed by atoms with E-state index in [1.807, 2.05) is 30.3 Å². The molecule has 2 aromatic rings. The van der Waals surface area contributed by atoms with Gasteiger partial charge in [0.2, 0.25) is 0 Å². The summed E-state index contributed by atoms with van der Waals surface area (Å²) in [5.74, 6) is -1.77. The largest absolute Gasteiger partial charge is 0.507 e. The minimum Gasteiger partial charge on any atom is -0.507 e. The van der Waals surface area contributed by atoms with E-state index in [4.69, 9.17) is 9.47 Å². The van der Waals surface area contributed by atoms with Gasteiger partial charge in [0.15, 0.2) is 5.78 Å². The predicted molar refractivity (Wildman–Crippen MR) is 109 cm³/mol. The molecule has 0 unspecified atom stereocenters. The number of carbonyl (C=O) groups excluding carboxylic acids is 2. The van der Waals surface area contributed by atoms with Crippen molar-refractivity contribution in [3.8, 4) is 17.2 Å². The summed E-state index contributed by atoms with van der Waals surface area (Å²) in [6, 6.07) is 9.23. The van der Waals surface area contributed by atoms with Crippen molar-refractivity contribution >= 4 is 23.9 Å². The summed E-state index contributed by atoms with van der Waals surface area (Å²) >= 11 is 0. The zero-order chi connectivity index (χ0) is 21.2. The molecule has 6 nitrogen and oxygen atoms in total. The van der Waals surface area contributed by atoms with Gasteiger partial charge < -0.3 is 19.7 Å². The molecule has 0 radical (unpaired) electrons. The SMILES string of the molecule is CC(=O)OCc1c(O)c2c(c(C(=O)/C=C/c3ccccc3)c1O)OC(C)(C)C=C2. The number of phenols is 2. The van der Waals surface area contributed by atoms with E-state index in [2.05, 4.69) is 0 Å². The van der Waals surface area contributed by atoms with E-state index >= 15 is 0 Å². The maximum absolute atomic E-state index is 13.0. The topological polar surface area (TPSA) is 93.1 Å². The molecule has 1 heterocycles. The molecule has 0 saturated heterocycles. The molecular weight excluding hydrogens is 372 g/mol. The van der Waals surface area contributed by atoms with Crippen molar-refractivity contribution in [2.75, 3.05) is 0 Å². The number of ether oxygens (including phenoxy) is 2. The second-order valence-electron chi connectivity index (χ2n) is 7.22. The minimum atomic E-state index is -0.735. The van der Waals surface area contributed by atoms with Crippen molar-refractivity contribution in [3.63, 3.8) is 0 Å². The molecule has 0 bridgehead atoms. The number of carbonyl (C=O) groups is 2. The number of ketones is 1. The molecule has 0 fully saturated rings. The predicted octanol–water partition coefficient (Wildman–Crippen LogP) is 4.24. The molecule has 0 spiro atoms. The van der Waals surface area contributed by atoms with E-state index in [1.54, 1.807) is 32.1 Å². The van der Waals surface area contributed by atoms with Gasteiger partial charge in [-0.3, -0.25) is 9.59 Å². The number of allylic oxidation sites excluding steroid dienone is 1. The van der Waals surface area contributed by atoms with E-state index in [1.165, 1.54) is 13.0 Å². The highest BCUT2D eigenvalue weighted by Crippen LogP contribution is 2.47. The number of rotatable bonds is 5. The molecule has 1 aliphatic heterocycles. The lowest BCUT2D eigenvalue weighted by molar-refractivity contribution is -0.142. The fourth-order valence-corrected chi connectivity index (χ4v) is 2.98. The molecule has 2 N–H and O–H groups in total. The average molecular weight is 394 g/mol. The number of benzene rings is 2. The summed E-state index contributed by atoms with van der Waals surface area (Å²) in [4.78, 5) is 24.2. The molecule has 29 heavy (non-hydrogen) atoms. The number of hydrogen-bond acceptors (Lipinski definition) is 6. The third-order valence-corrected chi connectivity index (χ3v) is 4.44. The van der Waals surface area contributed by atoms with Gasteiger partial charge in [0.25, 0.3) is 0 Å². The highest BCUT2D eigenvalue weighted by atomic mass is 16.5. The Kier molecular flexibility index (Phi) is 5.46. The molecule has 3 rings (SSSR count). The van der Waals surface area contributed by atoms with Gasteiger partial charge in [0.05, 0.1) is 11.1 Å². The first-order chi connectivity index (χ1) is 13.7. The Morgan fingerprint density at radius 3 is 2.48 bits per heavy atom. The van der Waals surface area contributed by atoms with Crippen molar-refractivity contribution < 1.29 is 29.3 Å². The third-order valence-electron chi connectivity index (χ3n) is 4.44. The Hall–Kier alpha value is -3.54. The quantitative estimate of drug-likeness (QED) is 0.448. The fraction of sp³-hybridized carbons (Fsp3) is 0.217. The van der Waals surface area contributed by atoms with Crippen LogP contribution in [-0.4, -0.2) is 27.6 Å². The van der Waals surface area contributed by atoms with Crippen molar-refractivity contribution in [3.05, 3.63) is 64.7 Å². The van der Waals surface area contributed by atoms with Crippen LogP contribution in [0.3, 0.4) is 0 Å². The van der Waals surface area contributed by atoms with Crippen molar-refractivity contribution in [1.29, 1.82) is 0 Å². The first kappa shape index (κ1) is 20.2. The first-order valence-electron chi connectivity index (χ1n) is 9.09. The lowest BCUT2D eigenvalue weighted by Gasteiger charge is -2.30. The summed E-state index contributed by atoms with van der Waals surface area (Å²) in [5.41, 5.74) is 0.185. The second kappa shape index (κ2) is 7.83. The summed E-state index contributed by atoms with van der Waals surface area (Å²) in [6.07, 6.45) is 6.31. The molecule has 2 aromatic carbocycles. The van der Waals surface area contributed by atoms with Gasteiger partial charge in [-0.05, 0) is 37.6 Å². The standard InChI is InChI=1S/C23H22O6/c1-14(24)28-13-17-20(26)16-11-12-23(2,3)29-22(16)19(21(17)27)18(25)10-9-15-7-5-4-6-8-15/h4-12,26-27H,13H2,1-3H3/b10-9+. The van der Waals surface area contributed by atoms with Crippen LogP contribution in [0.25, 0.3) is 12.2 Å². The molecule has 0 atom stereocenters. The summed E-state index contributed by atoms with van der Waals surface area (Å²) in [5, 5.41) is 21.4. The Morgan fingerprint density at radius 1 is 1.14 bits per heavy atom. The Balaban J connectivity index is 2.12. The second-order valence-corrected chi connectivity index (χ2v) is 7.22. The van der Waals surface area contributed by atoms with E-state index in [-0.39, 0.29) is 34.8 Å². The Bertz CT molecular complexity index is 1020. The highest BCUT2D eigenvalue weighted by Gasteiger charge is 2.33. The number of aromatic hydroxyl groups is 2. The monoisotopic (exact) mass is 394 g/mol. The van der Waals surface area contributed by atoms with Gasteiger partial charge in [-0.1, -0.05) is 36.4 Å². The van der Waals surface area contributed by atoms with Crippen LogP contribution in [0.5, 0.6) is 17.2 Å². The van der Waals surface area contributed by atoms with Crippen LogP contribution in [0, 0.1) is 0 Å². The van der Waals surface area contributed by atoms with Crippen LogP contribution in [0.4, 0.5) is 0 Å². The number of esters is 1. The lowest BCUT2D eigenvalue weighted by atomic mass is 9.93. The van der Waals surface area contributed by atoms with Crippen LogP contribution in [0.15, 0.2) is 42.5 Å². The number of hydrogen-bond donors (Lipinski definition) is 2. The summed E-state index contributed by atoms with van der Waals surface area (Å²) in [6.45, 7) is 4.43. The molecule has 0 aromatic heterocycles. The van der Waals surface area contributed by atoms with Gasteiger partial charge in [-0.2, -0.15) is 0 Å². The van der Waals surface area contributed by atoms with E-state index in [0.29, 0.717) is 0 Å². The molecule has 150 valence electrons. The highest BCUT2D eigenvalue weighted by molar-refractivity contribution is 6.12. The molecule has 0 aliphatic carbocycles. The lowest BCUT2D eigenvalue weighted by Crippen LogP contribution is -2.29. The zero-order valence-electron chi connectivity index (χ0n) is 16.4. The van der Waals surface area contributed by atoms with E-state index in [0.717, 1.165) is 5.56 Å². The number of fused-ring (bicyclic) bond motifs is 1. The normalized spacial score (nSPS) is 14.3. The Labute approximate surface area is 168 Å². The molecular formula is C23H22O6. The van der Waals surface area contributed by atoms with Crippen LogP contribution in [0.2, 0.25) is 0 Å². The van der Waals surface area contributed by atoms with Crippen LogP contribution in [0.1, 0.15) is 47.8 Å². The molecule has 1 aliphatic rings. The first-order valence-corrected chi connectivity index (χ1v) is 9.09. The van der Waals surface area contributed by atoms with Crippen LogP contribution < -0.4 is 4.74 Å². The third kappa shape index (κ3) is 4.32. The van der Waals surface area contributed by atoms with Crippen LogP contribution in [-0.2, 0) is 16.1 Å². The summed E-state index contributed by atoms with van der Waals surface area (Å²) < 4.78 is 10.8. The smallest absolute Gasteiger partial charge is 0.302 e. The maximum atomic E-state index is 13.0. The molecule has 6 heteroatoms. The van der Waals surface area contributed by atoms with Gasteiger partial charge in [0.1, 0.15) is 35.0 Å². The minimum absolute atomic E-state index is 0.0524. The van der Waals surface area contributed by atoms with Crippen LogP contribution >= 0.6 is 0 Å². The fourth-order valence-electron chi connectivity index (χ4n) is 2.98. The van der Waals surface area contributed by atoms with E-state index < -0.39 is 23.1 Å². The average Bonchev–Trinajstić information content (AvgIpc) is 2.66. The van der Waals surface area contributed by atoms with E-state index in [9.17, 15) is 19.8 Å². The zero-order valence-corrected chi connectivity index (χ0v) is 16.4. The molecule has 0 amide bonds. The van der Waals surface area contributed by atoms with Crippen molar-refractivity contribution in [2.24, 2.45) is 0 Å². The number of phenolic OH excluding ortho intramolecular Hbond substituents is 2. The molecule has 0 saturated carbocycles.